The van der Waals surface area contributed by atoms with Gasteiger partial charge in [0.15, 0.2) is 0 Å². The van der Waals surface area contributed by atoms with E-state index in [2.05, 4.69) is 46.8 Å². The maximum Gasteiger partial charge on any atom is 0.313 e. The fourth-order valence-corrected chi connectivity index (χ4v) is 3.62. The molecule has 0 aliphatic carbocycles. The minimum atomic E-state index is -0.653. The Labute approximate surface area is 168 Å². The summed E-state index contributed by atoms with van der Waals surface area (Å²) in [6, 6.07) is 15.7. The molecule has 1 heterocycles. The number of thiazole rings is 1. The van der Waals surface area contributed by atoms with Crippen LogP contribution in [0.2, 0.25) is 0 Å². The molecule has 0 fully saturated rings. The van der Waals surface area contributed by atoms with Gasteiger partial charge < -0.3 is 10.6 Å². The summed E-state index contributed by atoms with van der Waals surface area (Å²) in [6.07, 6.45) is 1.36. The number of nitrogens with one attached hydrogen (secondary N) is 2. The molecule has 2 amide bonds. The van der Waals surface area contributed by atoms with E-state index < -0.39 is 11.8 Å². The lowest BCUT2D eigenvalue weighted by molar-refractivity contribution is -0.136. The monoisotopic (exact) mass is 393 g/mol. The average molecular weight is 394 g/mol. The molecule has 0 aliphatic heterocycles. The minimum absolute atomic E-state index is 0.360. The van der Waals surface area contributed by atoms with E-state index in [0.717, 1.165) is 28.2 Å². The van der Waals surface area contributed by atoms with Crippen LogP contribution < -0.4 is 10.6 Å². The number of anilines is 1. The molecule has 2 N–H and O–H groups in total. The molecule has 0 spiro atoms. The summed E-state index contributed by atoms with van der Waals surface area (Å²) in [7, 11) is 0. The number of aromatic nitrogens is 1. The third kappa shape index (κ3) is 5.04. The van der Waals surface area contributed by atoms with Crippen LogP contribution in [-0.2, 0) is 22.4 Å². The zero-order valence-corrected chi connectivity index (χ0v) is 16.8. The highest BCUT2D eigenvalue weighted by molar-refractivity contribution is 7.13. The molecule has 0 saturated heterocycles. The molecule has 2 aromatic carbocycles. The van der Waals surface area contributed by atoms with Gasteiger partial charge >= 0.3 is 11.8 Å². The Kier molecular flexibility index (Phi) is 6.55. The lowest BCUT2D eigenvalue weighted by atomic mass is 10.1. The van der Waals surface area contributed by atoms with Crippen molar-refractivity contribution in [1.82, 2.24) is 10.3 Å². The molecule has 6 heteroatoms. The number of hydrogen-bond acceptors (Lipinski definition) is 4. The van der Waals surface area contributed by atoms with Crippen LogP contribution in [0.25, 0.3) is 10.6 Å². The summed E-state index contributed by atoms with van der Waals surface area (Å²) in [6.45, 7) is 4.42. The van der Waals surface area contributed by atoms with E-state index >= 15 is 0 Å². The van der Waals surface area contributed by atoms with Gasteiger partial charge in [0.1, 0.15) is 5.01 Å². The Morgan fingerprint density at radius 2 is 1.79 bits per heavy atom. The number of nitrogens with zero attached hydrogens (tertiary/aromatic N) is 1. The van der Waals surface area contributed by atoms with Crippen LogP contribution in [0.15, 0.2) is 53.9 Å². The molecule has 28 heavy (non-hydrogen) atoms. The first-order valence-electron chi connectivity index (χ1n) is 9.25. The Bertz CT molecular complexity index is 964. The normalized spacial score (nSPS) is 10.5. The van der Waals surface area contributed by atoms with Crippen LogP contribution in [0.5, 0.6) is 0 Å². The maximum absolute atomic E-state index is 12.1. The quantitative estimate of drug-likeness (QED) is 0.622. The van der Waals surface area contributed by atoms with E-state index in [9.17, 15) is 9.59 Å². The van der Waals surface area contributed by atoms with Gasteiger partial charge in [-0.1, -0.05) is 55.0 Å². The van der Waals surface area contributed by atoms with E-state index in [1.54, 1.807) is 17.4 Å². The molecular weight excluding hydrogens is 370 g/mol. The average Bonchev–Trinajstić information content (AvgIpc) is 3.17. The van der Waals surface area contributed by atoms with Crippen molar-refractivity contribution in [2.75, 3.05) is 11.9 Å². The molecule has 3 aromatic rings. The van der Waals surface area contributed by atoms with Crippen molar-refractivity contribution in [1.29, 1.82) is 0 Å². The second-order valence-electron chi connectivity index (χ2n) is 6.48. The largest absolute Gasteiger partial charge is 0.347 e. The number of amides is 2. The van der Waals surface area contributed by atoms with E-state index in [1.165, 1.54) is 5.56 Å². The van der Waals surface area contributed by atoms with Gasteiger partial charge in [-0.2, -0.15) is 0 Å². The summed E-state index contributed by atoms with van der Waals surface area (Å²) >= 11 is 1.58. The zero-order valence-electron chi connectivity index (χ0n) is 16.0. The third-order valence-electron chi connectivity index (χ3n) is 4.37. The number of benzene rings is 2. The molecule has 0 atom stereocenters. The molecular formula is C22H23N3O2S. The van der Waals surface area contributed by atoms with Gasteiger partial charge in [-0.25, -0.2) is 4.98 Å². The molecule has 0 radical (unpaired) electrons. The van der Waals surface area contributed by atoms with Gasteiger partial charge in [0.2, 0.25) is 0 Å². The first kappa shape index (κ1) is 19.8. The lowest BCUT2D eigenvalue weighted by Gasteiger charge is -2.09. The van der Waals surface area contributed by atoms with E-state index in [1.807, 2.05) is 30.5 Å². The maximum atomic E-state index is 12.1. The highest BCUT2D eigenvalue weighted by Crippen LogP contribution is 2.24. The van der Waals surface area contributed by atoms with Crippen LogP contribution in [0.1, 0.15) is 23.7 Å². The second kappa shape index (κ2) is 9.28. The van der Waals surface area contributed by atoms with Crippen molar-refractivity contribution in [2.45, 2.75) is 26.7 Å². The van der Waals surface area contributed by atoms with Crippen molar-refractivity contribution in [3.8, 4) is 10.6 Å². The third-order valence-corrected chi connectivity index (χ3v) is 5.31. The van der Waals surface area contributed by atoms with Crippen molar-refractivity contribution >= 4 is 28.8 Å². The van der Waals surface area contributed by atoms with Crippen LogP contribution in [0, 0.1) is 6.92 Å². The van der Waals surface area contributed by atoms with Crippen LogP contribution >= 0.6 is 11.3 Å². The van der Waals surface area contributed by atoms with E-state index in [4.69, 9.17) is 0 Å². The summed E-state index contributed by atoms with van der Waals surface area (Å²) in [5.74, 6) is -1.29. The standard InChI is InChI=1S/C22H23N3O2S/c1-3-16-6-4-5-7-19(16)25-21(27)20(26)23-13-12-18-14-28-22(24-18)17-10-8-15(2)9-11-17/h4-11,14H,3,12-13H2,1-2H3,(H,23,26)(H,25,27). The summed E-state index contributed by atoms with van der Waals surface area (Å²) in [5.41, 5.74) is 4.86. The van der Waals surface area contributed by atoms with Gasteiger partial charge in [-0.3, -0.25) is 9.59 Å². The molecule has 0 saturated carbocycles. The van der Waals surface area contributed by atoms with Gasteiger partial charge in [0.25, 0.3) is 0 Å². The number of hydrogen-bond donors (Lipinski definition) is 2. The van der Waals surface area contributed by atoms with E-state index in [-0.39, 0.29) is 0 Å². The van der Waals surface area contributed by atoms with Crippen LogP contribution in [0.3, 0.4) is 0 Å². The second-order valence-corrected chi connectivity index (χ2v) is 7.34. The van der Waals surface area contributed by atoms with Crippen molar-refractivity contribution in [3.05, 3.63) is 70.7 Å². The first-order valence-corrected chi connectivity index (χ1v) is 10.1. The topological polar surface area (TPSA) is 71.1 Å². The van der Waals surface area contributed by atoms with Gasteiger partial charge in [-0.15, -0.1) is 11.3 Å². The first-order chi connectivity index (χ1) is 13.6. The van der Waals surface area contributed by atoms with Crippen molar-refractivity contribution in [3.63, 3.8) is 0 Å². The molecule has 5 nitrogen and oxygen atoms in total. The predicted molar refractivity (Wildman–Crippen MR) is 113 cm³/mol. The molecule has 1 aromatic heterocycles. The Morgan fingerprint density at radius 1 is 1.04 bits per heavy atom. The SMILES string of the molecule is CCc1ccccc1NC(=O)C(=O)NCCc1csc(-c2ccc(C)cc2)n1. The van der Waals surface area contributed by atoms with Gasteiger partial charge in [0, 0.05) is 29.6 Å². The highest BCUT2D eigenvalue weighted by Gasteiger charge is 2.14. The Balaban J connectivity index is 1.50. The summed E-state index contributed by atoms with van der Waals surface area (Å²) in [5, 5.41) is 8.27. The smallest absolute Gasteiger partial charge is 0.313 e. The van der Waals surface area contributed by atoms with Crippen LogP contribution in [0.4, 0.5) is 5.69 Å². The minimum Gasteiger partial charge on any atom is -0.347 e. The summed E-state index contributed by atoms with van der Waals surface area (Å²) < 4.78 is 0. The molecule has 144 valence electrons. The van der Waals surface area contributed by atoms with Gasteiger partial charge in [-0.05, 0) is 25.0 Å². The lowest BCUT2D eigenvalue weighted by Crippen LogP contribution is -2.36. The Hall–Kier alpha value is -2.99. The van der Waals surface area contributed by atoms with Crippen LogP contribution in [-0.4, -0.2) is 23.3 Å². The zero-order chi connectivity index (χ0) is 19.9. The number of carbonyl (C=O) groups is 2. The molecule has 0 bridgehead atoms. The molecule has 0 aliphatic rings. The number of rotatable bonds is 6. The fraction of sp³-hybridized carbons (Fsp3) is 0.227. The predicted octanol–water partition coefficient (Wildman–Crippen LogP) is 3.98. The molecule has 0 unspecified atom stereocenters. The van der Waals surface area contributed by atoms with E-state index in [0.29, 0.717) is 18.7 Å². The van der Waals surface area contributed by atoms with Gasteiger partial charge in [0.05, 0.1) is 5.69 Å². The number of carbonyl (C=O) groups excluding carboxylic acids is 2. The van der Waals surface area contributed by atoms with Crippen molar-refractivity contribution in [2.24, 2.45) is 0 Å². The Morgan fingerprint density at radius 3 is 2.54 bits per heavy atom. The fourth-order valence-electron chi connectivity index (χ4n) is 2.76. The number of aryl methyl sites for hydroxylation is 2. The number of para-hydroxylation sites is 1. The highest BCUT2D eigenvalue weighted by atomic mass is 32.1. The summed E-state index contributed by atoms with van der Waals surface area (Å²) in [4.78, 5) is 28.8. The van der Waals surface area contributed by atoms with Crippen molar-refractivity contribution < 1.29 is 9.59 Å². The molecule has 3 rings (SSSR count).